The topological polar surface area (TPSA) is 61.1 Å². The van der Waals surface area contributed by atoms with Crippen LogP contribution in [0.25, 0.3) is 0 Å². The first kappa shape index (κ1) is 17.0. The monoisotopic (exact) mass is 385 g/mol. The van der Waals surface area contributed by atoms with Crippen LogP contribution in [0.3, 0.4) is 0 Å². The average Bonchev–Trinajstić information content (AvgIpc) is 2.42. The van der Waals surface area contributed by atoms with Crippen LogP contribution < -0.4 is 0 Å². The second kappa shape index (κ2) is 8.25. The van der Waals surface area contributed by atoms with E-state index < -0.39 is 11.4 Å². The van der Waals surface area contributed by atoms with Crippen molar-refractivity contribution in [3.8, 4) is 6.07 Å². The van der Waals surface area contributed by atoms with Crippen molar-refractivity contribution in [3.63, 3.8) is 0 Å². The van der Waals surface area contributed by atoms with Gasteiger partial charge in [-0.2, -0.15) is 5.26 Å². The van der Waals surface area contributed by atoms with Crippen LogP contribution in [0, 0.1) is 14.9 Å². The summed E-state index contributed by atoms with van der Waals surface area (Å²) in [6, 6.07) is 9.85. The van der Waals surface area contributed by atoms with Gasteiger partial charge in [-0.3, -0.25) is 4.79 Å². The number of carbonyl (C=O) groups is 1. The van der Waals surface area contributed by atoms with E-state index in [2.05, 4.69) is 28.7 Å². The molecule has 20 heavy (non-hydrogen) atoms. The Morgan fingerprint density at radius 3 is 2.65 bits per heavy atom. The zero-order valence-electron chi connectivity index (χ0n) is 11.7. The van der Waals surface area contributed by atoms with Gasteiger partial charge in [0.2, 0.25) is 0 Å². The van der Waals surface area contributed by atoms with E-state index in [1.165, 1.54) is 0 Å². The number of carboxylic acid groups (broad SMARTS) is 1. The van der Waals surface area contributed by atoms with Crippen LogP contribution in [-0.2, 0) is 10.2 Å². The zero-order chi connectivity index (χ0) is 15.0. The van der Waals surface area contributed by atoms with Gasteiger partial charge in [0.05, 0.1) is 11.5 Å². The van der Waals surface area contributed by atoms with Crippen LogP contribution in [-0.4, -0.2) is 11.1 Å². The maximum atomic E-state index is 11.7. The minimum atomic E-state index is -0.823. The first-order valence-electron chi connectivity index (χ1n) is 6.87. The molecule has 1 N–H and O–H groups in total. The minimum absolute atomic E-state index is 0.590. The van der Waals surface area contributed by atoms with E-state index >= 15 is 0 Å². The molecule has 108 valence electrons. The fourth-order valence-corrected chi connectivity index (χ4v) is 2.79. The number of aliphatic carboxylic acids is 1. The van der Waals surface area contributed by atoms with E-state index in [0.717, 1.165) is 34.8 Å². The highest BCUT2D eigenvalue weighted by atomic mass is 127. The molecular formula is C16H20INO2. The lowest BCUT2D eigenvalue weighted by Crippen LogP contribution is -2.32. The van der Waals surface area contributed by atoms with Crippen LogP contribution in [0.4, 0.5) is 0 Å². The molecular weight excluding hydrogens is 365 g/mol. The fraction of sp³-hybridized carbons (Fsp3) is 0.500. The highest BCUT2D eigenvalue weighted by molar-refractivity contribution is 14.1. The van der Waals surface area contributed by atoms with E-state index in [0.29, 0.717) is 12.8 Å². The molecule has 1 aromatic rings. The standard InChI is InChI=1S/C16H20INO2/c1-16(15(19)20,10-5-3-2-4-6-11-18)13-8-7-9-14(17)12-13/h7-9,12H,2-6,10H2,1H3,(H,19,20). The maximum Gasteiger partial charge on any atom is 0.313 e. The molecule has 4 heteroatoms. The molecule has 0 radical (unpaired) electrons. The molecule has 0 saturated carbocycles. The number of nitriles is 1. The molecule has 0 saturated heterocycles. The largest absolute Gasteiger partial charge is 0.481 e. The van der Waals surface area contributed by atoms with Crippen LogP contribution in [0.2, 0.25) is 0 Å². The van der Waals surface area contributed by atoms with Crippen LogP contribution >= 0.6 is 22.6 Å². The quantitative estimate of drug-likeness (QED) is 0.530. The summed E-state index contributed by atoms with van der Waals surface area (Å²) < 4.78 is 1.06. The molecule has 0 aliphatic carbocycles. The molecule has 0 aliphatic heterocycles. The highest BCUT2D eigenvalue weighted by Crippen LogP contribution is 2.31. The summed E-state index contributed by atoms with van der Waals surface area (Å²) in [5, 5.41) is 18.0. The first-order valence-corrected chi connectivity index (χ1v) is 7.95. The molecule has 1 unspecified atom stereocenters. The van der Waals surface area contributed by atoms with E-state index in [1.807, 2.05) is 24.3 Å². The summed E-state index contributed by atoms with van der Waals surface area (Å²) in [6.45, 7) is 1.80. The summed E-state index contributed by atoms with van der Waals surface area (Å²) in [4.78, 5) is 11.7. The molecule has 0 amide bonds. The Bertz CT molecular complexity index is 495. The van der Waals surface area contributed by atoms with Gasteiger partial charge in [-0.25, -0.2) is 0 Å². The third-order valence-electron chi connectivity index (χ3n) is 3.65. The Morgan fingerprint density at radius 2 is 2.05 bits per heavy atom. The first-order chi connectivity index (χ1) is 9.50. The SMILES string of the molecule is CC(CCCCCCC#N)(C(=O)O)c1cccc(I)c1. The number of carboxylic acids is 1. The molecule has 1 atom stereocenters. The van der Waals surface area contributed by atoms with Crippen molar-refractivity contribution in [2.45, 2.75) is 50.9 Å². The van der Waals surface area contributed by atoms with Gasteiger partial charge in [0.1, 0.15) is 0 Å². The second-order valence-corrected chi connectivity index (χ2v) is 6.47. The molecule has 0 aliphatic rings. The van der Waals surface area contributed by atoms with E-state index in [1.54, 1.807) is 6.92 Å². The van der Waals surface area contributed by atoms with E-state index in [-0.39, 0.29) is 0 Å². The Balaban J connectivity index is 2.64. The summed E-state index contributed by atoms with van der Waals surface area (Å²) in [7, 11) is 0. The van der Waals surface area contributed by atoms with Crippen LogP contribution in [0.15, 0.2) is 24.3 Å². The minimum Gasteiger partial charge on any atom is -0.481 e. The normalized spacial score (nSPS) is 13.4. The van der Waals surface area contributed by atoms with Gasteiger partial charge in [0.15, 0.2) is 0 Å². The molecule has 1 aromatic carbocycles. The lowest BCUT2D eigenvalue weighted by atomic mass is 9.78. The van der Waals surface area contributed by atoms with Crippen molar-refractivity contribution in [1.82, 2.24) is 0 Å². The van der Waals surface area contributed by atoms with Crippen LogP contribution in [0.1, 0.15) is 51.0 Å². The number of hydrogen-bond donors (Lipinski definition) is 1. The highest BCUT2D eigenvalue weighted by Gasteiger charge is 2.34. The fourth-order valence-electron chi connectivity index (χ4n) is 2.24. The third-order valence-corrected chi connectivity index (χ3v) is 4.32. The molecule has 1 rings (SSSR count). The number of nitrogens with zero attached hydrogens (tertiary/aromatic N) is 1. The summed E-state index contributed by atoms with van der Waals surface area (Å²) >= 11 is 2.21. The van der Waals surface area contributed by atoms with Gasteiger partial charge >= 0.3 is 5.97 Å². The number of benzene rings is 1. The Hall–Kier alpha value is -1.09. The summed E-state index contributed by atoms with van der Waals surface area (Å²) in [6.07, 6.45) is 4.98. The van der Waals surface area contributed by atoms with Gasteiger partial charge in [0, 0.05) is 9.99 Å². The van der Waals surface area contributed by atoms with Gasteiger partial charge in [-0.05, 0) is 60.1 Å². The second-order valence-electron chi connectivity index (χ2n) is 5.22. The summed E-state index contributed by atoms with van der Waals surface area (Å²) in [5.41, 5.74) is 0.0464. The predicted octanol–water partition coefficient (Wildman–Crippen LogP) is 4.50. The van der Waals surface area contributed by atoms with E-state index in [4.69, 9.17) is 5.26 Å². The van der Waals surface area contributed by atoms with Gasteiger partial charge in [0.25, 0.3) is 0 Å². The van der Waals surface area contributed by atoms with Crippen molar-refractivity contribution in [1.29, 1.82) is 5.26 Å². The third kappa shape index (κ3) is 4.78. The lowest BCUT2D eigenvalue weighted by Gasteiger charge is -2.25. The average molecular weight is 385 g/mol. The number of hydrogen-bond acceptors (Lipinski definition) is 2. The van der Waals surface area contributed by atoms with Crippen molar-refractivity contribution in [2.24, 2.45) is 0 Å². The molecule has 0 aromatic heterocycles. The number of unbranched alkanes of at least 4 members (excludes halogenated alkanes) is 4. The smallest absolute Gasteiger partial charge is 0.313 e. The molecule has 0 bridgehead atoms. The number of halogens is 1. The van der Waals surface area contributed by atoms with E-state index in [9.17, 15) is 9.90 Å². The van der Waals surface area contributed by atoms with Crippen LogP contribution in [0.5, 0.6) is 0 Å². The Labute approximate surface area is 134 Å². The molecule has 0 heterocycles. The Kier molecular flexibility index (Phi) is 7.00. The maximum absolute atomic E-state index is 11.7. The Morgan fingerprint density at radius 1 is 1.35 bits per heavy atom. The van der Waals surface area contributed by atoms with Crippen molar-refractivity contribution in [3.05, 3.63) is 33.4 Å². The van der Waals surface area contributed by atoms with Gasteiger partial charge in [-0.1, -0.05) is 31.4 Å². The van der Waals surface area contributed by atoms with Gasteiger partial charge in [-0.15, -0.1) is 0 Å². The summed E-state index contributed by atoms with van der Waals surface area (Å²) in [5.74, 6) is -0.767. The molecule has 0 spiro atoms. The zero-order valence-corrected chi connectivity index (χ0v) is 13.9. The lowest BCUT2D eigenvalue weighted by molar-refractivity contribution is -0.143. The van der Waals surface area contributed by atoms with Crippen molar-refractivity contribution in [2.75, 3.05) is 0 Å². The predicted molar refractivity (Wildman–Crippen MR) is 87.5 cm³/mol. The number of rotatable bonds is 8. The molecule has 3 nitrogen and oxygen atoms in total. The molecule has 0 fully saturated rings. The van der Waals surface area contributed by atoms with Gasteiger partial charge < -0.3 is 5.11 Å². The van der Waals surface area contributed by atoms with Crippen molar-refractivity contribution < 1.29 is 9.90 Å². The van der Waals surface area contributed by atoms with Crippen molar-refractivity contribution >= 4 is 28.6 Å².